The lowest BCUT2D eigenvalue weighted by Crippen LogP contribution is -2.40. The van der Waals surface area contributed by atoms with Gasteiger partial charge in [-0.15, -0.1) is 11.3 Å². The van der Waals surface area contributed by atoms with Gasteiger partial charge in [0.05, 0.1) is 5.54 Å². The molecule has 108 valence electrons. The summed E-state index contributed by atoms with van der Waals surface area (Å²) in [6.45, 7) is 3.82. The van der Waals surface area contributed by atoms with Crippen LogP contribution in [0.1, 0.15) is 28.5 Å². The van der Waals surface area contributed by atoms with Gasteiger partial charge in [0.2, 0.25) is 0 Å². The molecular weight excluding hydrogens is 294 g/mol. The maximum atomic E-state index is 12.3. The van der Waals surface area contributed by atoms with E-state index in [-0.39, 0.29) is 11.7 Å². The second-order valence-electron chi connectivity index (χ2n) is 5.02. The van der Waals surface area contributed by atoms with Crippen LogP contribution >= 0.6 is 22.7 Å². The van der Waals surface area contributed by atoms with Crippen molar-refractivity contribution in [2.45, 2.75) is 19.4 Å². The lowest BCUT2D eigenvalue weighted by molar-refractivity contribution is 0.0917. The van der Waals surface area contributed by atoms with E-state index in [9.17, 15) is 4.79 Å². The van der Waals surface area contributed by atoms with E-state index < -0.39 is 5.54 Å². The Kier molecular flexibility index (Phi) is 3.96. The number of rotatable bonds is 4. The summed E-state index contributed by atoms with van der Waals surface area (Å²) in [4.78, 5) is 23.0. The summed E-state index contributed by atoms with van der Waals surface area (Å²) < 4.78 is 0. The normalized spacial score (nSPS) is 11.4. The molecule has 0 saturated heterocycles. The average Bonchev–Trinajstić information content (AvgIpc) is 2.96. The van der Waals surface area contributed by atoms with Crippen LogP contribution in [0.15, 0.2) is 11.6 Å². The molecule has 3 N–H and O–H groups in total. The second kappa shape index (κ2) is 5.37. The molecular formula is C12H17N5OS2. The fourth-order valence-corrected chi connectivity index (χ4v) is 3.12. The molecule has 2 aromatic rings. The van der Waals surface area contributed by atoms with Crippen LogP contribution in [0.25, 0.3) is 0 Å². The molecule has 2 heterocycles. The molecule has 2 aromatic heterocycles. The van der Waals surface area contributed by atoms with Gasteiger partial charge in [-0.25, -0.2) is 9.97 Å². The quantitative estimate of drug-likeness (QED) is 0.901. The summed E-state index contributed by atoms with van der Waals surface area (Å²) in [5, 5.41) is 6.39. The predicted octanol–water partition coefficient (Wildman–Crippen LogP) is 1.91. The van der Waals surface area contributed by atoms with Crippen molar-refractivity contribution in [2.75, 3.05) is 24.7 Å². The number of nitrogens with two attached hydrogens (primary N) is 1. The Balaban J connectivity index is 2.20. The lowest BCUT2D eigenvalue weighted by atomic mass is 10.1. The summed E-state index contributed by atoms with van der Waals surface area (Å²) in [5.74, 6) is 0.0273. The number of hydrogen-bond acceptors (Lipinski definition) is 7. The number of hydrogen-bond donors (Lipinski definition) is 2. The van der Waals surface area contributed by atoms with Crippen molar-refractivity contribution < 1.29 is 4.79 Å². The summed E-state index contributed by atoms with van der Waals surface area (Å²) >= 11 is 2.78. The van der Waals surface area contributed by atoms with Crippen molar-refractivity contribution >= 4 is 39.5 Å². The third-order valence-corrected chi connectivity index (χ3v) is 4.96. The fourth-order valence-electron chi connectivity index (χ4n) is 1.60. The molecule has 0 aliphatic rings. The first-order chi connectivity index (χ1) is 9.31. The average molecular weight is 311 g/mol. The van der Waals surface area contributed by atoms with Gasteiger partial charge in [0.1, 0.15) is 15.7 Å². The molecule has 0 saturated carbocycles. The van der Waals surface area contributed by atoms with Crippen molar-refractivity contribution in [3.8, 4) is 0 Å². The van der Waals surface area contributed by atoms with Gasteiger partial charge >= 0.3 is 0 Å². The van der Waals surface area contributed by atoms with Crippen molar-refractivity contribution in [1.82, 2.24) is 15.3 Å². The van der Waals surface area contributed by atoms with Gasteiger partial charge in [0.25, 0.3) is 5.91 Å². The Labute approximate surface area is 125 Å². The highest BCUT2D eigenvalue weighted by molar-refractivity contribution is 7.18. The predicted molar refractivity (Wildman–Crippen MR) is 83.5 cm³/mol. The van der Waals surface area contributed by atoms with Gasteiger partial charge in [-0.05, 0) is 13.8 Å². The summed E-state index contributed by atoms with van der Waals surface area (Å²) in [6, 6.07) is 0. The SMILES string of the molecule is CN(C)c1nc(N)c(C(=O)NC(C)(C)c2nccs2)s1. The molecule has 0 aliphatic heterocycles. The zero-order valence-electron chi connectivity index (χ0n) is 11.8. The van der Waals surface area contributed by atoms with E-state index in [4.69, 9.17) is 5.73 Å². The smallest absolute Gasteiger partial charge is 0.266 e. The van der Waals surface area contributed by atoms with E-state index in [0.717, 1.165) is 5.01 Å². The Morgan fingerprint density at radius 2 is 2.15 bits per heavy atom. The minimum atomic E-state index is -0.542. The Bertz CT molecular complexity index is 603. The zero-order chi connectivity index (χ0) is 14.9. The topological polar surface area (TPSA) is 84.1 Å². The van der Waals surface area contributed by atoms with Crippen LogP contribution < -0.4 is 16.0 Å². The highest BCUT2D eigenvalue weighted by Crippen LogP contribution is 2.28. The van der Waals surface area contributed by atoms with Crippen LogP contribution in [-0.4, -0.2) is 30.0 Å². The van der Waals surface area contributed by atoms with Crippen molar-refractivity contribution in [3.63, 3.8) is 0 Å². The van der Waals surface area contributed by atoms with Gasteiger partial charge in [0.15, 0.2) is 5.13 Å². The zero-order valence-corrected chi connectivity index (χ0v) is 13.4. The van der Waals surface area contributed by atoms with Crippen LogP contribution in [0.2, 0.25) is 0 Å². The van der Waals surface area contributed by atoms with Crippen LogP contribution in [0.3, 0.4) is 0 Å². The van der Waals surface area contributed by atoms with E-state index in [2.05, 4.69) is 15.3 Å². The first kappa shape index (κ1) is 14.7. The molecule has 2 rings (SSSR count). The summed E-state index contributed by atoms with van der Waals surface area (Å²) in [7, 11) is 3.72. The number of aromatic nitrogens is 2. The van der Waals surface area contributed by atoms with Crippen molar-refractivity contribution in [3.05, 3.63) is 21.5 Å². The largest absolute Gasteiger partial charge is 0.382 e. The second-order valence-corrected chi connectivity index (χ2v) is 6.89. The molecule has 0 atom stereocenters. The number of anilines is 2. The number of carbonyl (C=O) groups excluding carboxylic acids is 1. The fraction of sp³-hybridized carbons (Fsp3) is 0.417. The summed E-state index contributed by atoms with van der Waals surface area (Å²) in [5.41, 5.74) is 5.27. The van der Waals surface area contributed by atoms with Crippen LogP contribution in [-0.2, 0) is 5.54 Å². The number of thiazole rings is 2. The van der Waals surface area contributed by atoms with Crippen LogP contribution in [0.4, 0.5) is 10.9 Å². The Morgan fingerprint density at radius 1 is 1.45 bits per heavy atom. The molecule has 0 aromatic carbocycles. The Hall–Kier alpha value is -1.67. The third-order valence-electron chi connectivity index (χ3n) is 2.62. The monoisotopic (exact) mass is 311 g/mol. The minimum absolute atomic E-state index is 0.228. The highest BCUT2D eigenvalue weighted by Gasteiger charge is 2.28. The van der Waals surface area contributed by atoms with Crippen LogP contribution in [0.5, 0.6) is 0 Å². The van der Waals surface area contributed by atoms with E-state index in [1.54, 1.807) is 6.20 Å². The molecule has 0 aliphatic carbocycles. The van der Waals surface area contributed by atoms with Crippen molar-refractivity contribution in [1.29, 1.82) is 0 Å². The third kappa shape index (κ3) is 2.91. The van der Waals surface area contributed by atoms with E-state index >= 15 is 0 Å². The molecule has 6 nitrogen and oxygen atoms in total. The van der Waals surface area contributed by atoms with Crippen molar-refractivity contribution in [2.24, 2.45) is 0 Å². The van der Waals surface area contributed by atoms with Gasteiger partial charge in [-0.1, -0.05) is 11.3 Å². The van der Waals surface area contributed by atoms with E-state index in [1.807, 2.05) is 38.2 Å². The van der Waals surface area contributed by atoms with Gasteiger partial charge in [-0.2, -0.15) is 0 Å². The first-order valence-electron chi connectivity index (χ1n) is 5.97. The van der Waals surface area contributed by atoms with E-state index in [0.29, 0.717) is 10.0 Å². The molecule has 0 spiro atoms. The molecule has 0 radical (unpaired) electrons. The highest BCUT2D eigenvalue weighted by atomic mass is 32.1. The molecule has 0 fully saturated rings. The summed E-state index contributed by atoms with van der Waals surface area (Å²) in [6.07, 6.45) is 1.72. The number of nitrogen functional groups attached to an aromatic ring is 1. The number of nitrogens with zero attached hydrogens (tertiary/aromatic N) is 3. The first-order valence-corrected chi connectivity index (χ1v) is 7.67. The van der Waals surface area contributed by atoms with E-state index in [1.165, 1.54) is 22.7 Å². The van der Waals surface area contributed by atoms with Gasteiger partial charge in [0, 0.05) is 25.7 Å². The lowest BCUT2D eigenvalue weighted by Gasteiger charge is -2.23. The minimum Gasteiger partial charge on any atom is -0.382 e. The maximum absolute atomic E-state index is 12.3. The van der Waals surface area contributed by atoms with Crippen LogP contribution in [0, 0.1) is 0 Å². The molecule has 20 heavy (non-hydrogen) atoms. The molecule has 1 amide bonds. The Morgan fingerprint density at radius 3 is 2.65 bits per heavy atom. The van der Waals surface area contributed by atoms with Gasteiger partial charge < -0.3 is 16.0 Å². The number of carbonyl (C=O) groups is 1. The molecule has 0 bridgehead atoms. The standard InChI is InChI=1S/C12H17N5OS2/c1-12(2,10-14-5-6-19-10)16-9(18)7-8(13)15-11(20-7)17(3)4/h5-6H,13H2,1-4H3,(H,16,18). The molecule has 8 heteroatoms. The number of nitrogens with one attached hydrogen (secondary N) is 1. The van der Waals surface area contributed by atoms with Gasteiger partial charge in [-0.3, -0.25) is 4.79 Å². The number of amides is 1. The maximum Gasteiger partial charge on any atom is 0.266 e. The molecule has 0 unspecified atom stereocenters.